The number of hydrogen-bond donors (Lipinski definition) is 0. The zero-order valence-electron chi connectivity index (χ0n) is 23.5. The van der Waals surface area contributed by atoms with Crippen LogP contribution in [0.25, 0.3) is 0 Å². The quantitative estimate of drug-likeness (QED) is 0.283. The fraction of sp³-hybridized carbons (Fsp3) is 0.690. The number of ether oxygens (including phenoxy) is 1. The summed E-state index contributed by atoms with van der Waals surface area (Å²) in [5.74, 6) is 0.827. The fourth-order valence-corrected chi connectivity index (χ4v) is 4.93. The van der Waals surface area contributed by atoms with E-state index in [4.69, 9.17) is 4.74 Å². The van der Waals surface area contributed by atoms with Crippen LogP contribution in [-0.2, 0) is 19.4 Å². The first kappa shape index (κ1) is 30.6. The number of Topliss-reactive ketones (excluding diaryl/α,β-unsaturated/α-hetero) is 1. The average Bonchev–Trinajstić information content (AvgIpc) is 2.74. The van der Waals surface area contributed by atoms with Crippen molar-refractivity contribution in [2.75, 3.05) is 6.26 Å². The van der Waals surface area contributed by atoms with E-state index in [0.717, 1.165) is 5.57 Å². The van der Waals surface area contributed by atoms with Gasteiger partial charge in [-0.1, -0.05) is 73.6 Å². The molecule has 0 spiro atoms. The predicted octanol–water partition coefficient (Wildman–Crippen LogP) is 7.50. The maximum Gasteiger partial charge on any atom is 0.153 e. The Morgan fingerprint density at radius 3 is 1.74 bits per heavy atom. The second-order valence-electron chi connectivity index (χ2n) is 10.8. The van der Waals surface area contributed by atoms with Gasteiger partial charge in [-0.05, 0) is 66.4 Å². The Labute approximate surface area is 209 Å². The summed E-state index contributed by atoms with van der Waals surface area (Å²) < 4.78 is 30.8. The molecular weight excluding hydrogens is 444 g/mol. The van der Waals surface area contributed by atoms with Crippen LogP contribution in [0.2, 0.25) is 0 Å². The number of carbonyl (C=O) groups excluding carboxylic acids is 1. The lowest BCUT2D eigenvalue weighted by molar-refractivity contribution is -0.127. The number of carbonyl (C=O) groups is 1. The van der Waals surface area contributed by atoms with Gasteiger partial charge in [0.15, 0.2) is 9.84 Å². The molecule has 34 heavy (non-hydrogen) atoms. The molecule has 0 heterocycles. The van der Waals surface area contributed by atoms with E-state index in [1.54, 1.807) is 13.0 Å². The molecule has 1 aromatic rings. The number of benzene rings is 1. The Morgan fingerprint density at radius 1 is 0.912 bits per heavy atom. The van der Waals surface area contributed by atoms with E-state index in [2.05, 4.69) is 60.6 Å². The SMILES string of the molecule is CCC(=O)[C@H](C)[C@H](O[C@@H](C)c1c(C(C)C)cc(C(C)C)cc1C(C)C)/C(C)=C\[C@@H](C)S(C)(=O)=O. The summed E-state index contributed by atoms with van der Waals surface area (Å²) in [5, 5.41) is -0.638. The van der Waals surface area contributed by atoms with Crippen molar-refractivity contribution in [2.45, 2.75) is 118 Å². The summed E-state index contributed by atoms with van der Waals surface area (Å²) in [4.78, 5) is 12.7. The van der Waals surface area contributed by atoms with E-state index in [9.17, 15) is 13.2 Å². The Balaban J connectivity index is 3.63. The maximum absolute atomic E-state index is 12.7. The van der Waals surface area contributed by atoms with Gasteiger partial charge < -0.3 is 4.74 Å². The third kappa shape index (κ3) is 7.78. The summed E-state index contributed by atoms with van der Waals surface area (Å²) in [6.07, 6.45) is 2.66. The zero-order chi connectivity index (χ0) is 26.5. The fourth-order valence-electron chi connectivity index (χ4n) is 4.47. The monoisotopic (exact) mass is 492 g/mol. The van der Waals surface area contributed by atoms with Crippen molar-refractivity contribution >= 4 is 15.6 Å². The van der Waals surface area contributed by atoms with E-state index in [0.29, 0.717) is 24.2 Å². The molecule has 0 aliphatic carbocycles. The van der Waals surface area contributed by atoms with Crippen molar-refractivity contribution in [3.63, 3.8) is 0 Å². The summed E-state index contributed by atoms with van der Waals surface area (Å²) in [6.45, 7) is 22.6. The van der Waals surface area contributed by atoms with Crippen LogP contribution in [-0.4, -0.2) is 31.8 Å². The maximum atomic E-state index is 12.7. The van der Waals surface area contributed by atoms with E-state index < -0.39 is 21.2 Å². The molecule has 0 saturated carbocycles. The first-order valence-electron chi connectivity index (χ1n) is 12.8. The highest BCUT2D eigenvalue weighted by molar-refractivity contribution is 7.91. The van der Waals surface area contributed by atoms with Gasteiger partial charge in [0.05, 0.1) is 17.5 Å². The Kier molecular flexibility index (Phi) is 11.2. The minimum atomic E-state index is -3.23. The van der Waals surface area contributed by atoms with Crippen LogP contribution in [0.1, 0.15) is 129 Å². The molecule has 0 fully saturated rings. The Bertz CT molecular complexity index is 941. The third-order valence-corrected chi connectivity index (χ3v) is 8.35. The van der Waals surface area contributed by atoms with Crippen molar-refractivity contribution < 1.29 is 17.9 Å². The first-order valence-corrected chi connectivity index (χ1v) is 14.7. The van der Waals surface area contributed by atoms with Gasteiger partial charge in [-0.3, -0.25) is 4.79 Å². The van der Waals surface area contributed by atoms with Crippen molar-refractivity contribution in [1.82, 2.24) is 0 Å². The summed E-state index contributed by atoms with van der Waals surface area (Å²) in [7, 11) is -3.23. The average molecular weight is 493 g/mol. The minimum absolute atomic E-state index is 0.111. The van der Waals surface area contributed by atoms with Gasteiger partial charge in [0, 0.05) is 18.6 Å². The zero-order valence-corrected chi connectivity index (χ0v) is 24.3. The highest BCUT2D eigenvalue weighted by atomic mass is 32.2. The van der Waals surface area contributed by atoms with E-state index >= 15 is 0 Å². The van der Waals surface area contributed by atoms with Gasteiger partial charge in [0.25, 0.3) is 0 Å². The van der Waals surface area contributed by atoms with Crippen molar-refractivity contribution in [3.8, 4) is 0 Å². The topological polar surface area (TPSA) is 60.4 Å². The Hall–Kier alpha value is -1.46. The second kappa shape index (κ2) is 12.5. The van der Waals surface area contributed by atoms with Crippen LogP contribution in [0.3, 0.4) is 0 Å². The van der Waals surface area contributed by atoms with Gasteiger partial charge in [-0.25, -0.2) is 8.42 Å². The molecule has 1 rings (SSSR count). The predicted molar refractivity (Wildman–Crippen MR) is 145 cm³/mol. The van der Waals surface area contributed by atoms with Gasteiger partial charge in [0.1, 0.15) is 5.78 Å². The second-order valence-corrected chi connectivity index (χ2v) is 13.2. The van der Waals surface area contributed by atoms with Crippen LogP contribution in [0.4, 0.5) is 0 Å². The first-order chi connectivity index (χ1) is 15.5. The molecule has 0 aliphatic rings. The van der Waals surface area contributed by atoms with Crippen molar-refractivity contribution in [2.24, 2.45) is 5.92 Å². The lowest BCUT2D eigenvalue weighted by atomic mass is 9.82. The molecule has 0 saturated heterocycles. The number of hydrogen-bond acceptors (Lipinski definition) is 4. The van der Waals surface area contributed by atoms with Gasteiger partial charge in [-0.2, -0.15) is 0 Å². The molecule has 0 bridgehead atoms. The molecule has 4 nitrogen and oxygen atoms in total. The molecule has 5 heteroatoms. The number of ketones is 1. The number of sulfone groups is 1. The summed E-state index contributed by atoms with van der Waals surface area (Å²) in [6, 6.07) is 4.61. The molecule has 4 atom stereocenters. The van der Waals surface area contributed by atoms with Crippen molar-refractivity contribution in [1.29, 1.82) is 0 Å². The molecule has 1 aromatic carbocycles. The summed E-state index contributed by atoms with van der Waals surface area (Å²) >= 11 is 0. The normalized spacial score (nSPS) is 16.7. The minimum Gasteiger partial charge on any atom is -0.365 e. The van der Waals surface area contributed by atoms with Crippen LogP contribution in [0.5, 0.6) is 0 Å². The van der Waals surface area contributed by atoms with Gasteiger partial charge >= 0.3 is 0 Å². The van der Waals surface area contributed by atoms with Crippen LogP contribution in [0.15, 0.2) is 23.8 Å². The van der Waals surface area contributed by atoms with E-state index in [-0.39, 0.29) is 17.8 Å². The molecule has 0 amide bonds. The molecule has 194 valence electrons. The van der Waals surface area contributed by atoms with Crippen LogP contribution in [0, 0.1) is 5.92 Å². The summed E-state index contributed by atoms with van der Waals surface area (Å²) in [5.41, 5.74) is 5.87. The lowest BCUT2D eigenvalue weighted by Gasteiger charge is -2.32. The molecule has 0 radical (unpaired) electrons. The van der Waals surface area contributed by atoms with Crippen LogP contribution >= 0.6 is 0 Å². The van der Waals surface area contributed by atoms with Gasteiger partial charge in [-0.15, -0.1) is 0 Å². The molecule has 0 unspecified atom stereocenters. The largest absolute Gasteiger partial charge is 0.365 e. The van der Waals surface area contributed by atoms with E-state index in [1.807, 2.05) is 20.8 Å². The van der Waals surface area contributed by atoms with E-state index in [1.165, 1.54) is 28.5 Å². The highest BCUT2D eigenvalue weighted by Crippen LogP contribution is 2.38. The molecular formula is C29H48O4S. The standard InChI is InChI=1S/C29H48O4S/c1-13-27(30)22(10)29(20(8)14-21(9)34(12,31)32)33-23(11)28-25(18(4)5)15-24(17(2)3)16-26(28)19(6)7/h14-19,21-23,29H,13H2,1-12H3/b20-14-/t21-,22+,23+,29-/m1/s1. The molecule has 0 aliphatic heterocycles. The Morgan fingerprint density at radius 2 is 1.38 bits per heavy atom. The third-order valence-electron chi connectivity index (χ3n) is 6.87. The number of rotatable bonds is 12. The lowest BCUT2D eigenvalue weighted by Crippen LogP contribution is -2.31. The van der Waals surface area contributed by atoms with Crippen LogP contribution < -0.4 is 0 Å². The molecule has 0 aromatic heterocycles. The van der Waals surface area contributed by atoms with Crippen molar-refractivity contribution in [3.05, 3.63) is 46.0 Å². The molecule has 0 N–H and O–H groups in total. The smallest absolute Gasteiger partial charge is 0.153 e. The van der Waals surface area contributed by atoms with Gasteiger partial charge in [0.2, 0.25) is 0 Å². The highest BCUT2D eigenvalue weighted by Gasteiger charge is 2.30.